The first-order valence-corrected chi connectivity index (χ1v) is 8.10. The first-order valence-electron chi connectivity index (χ1n) is 8.10. The maximum atomic E-state index is 12.4. The van der Waals surface area contributed by atoms with E-state index < -0.39 is 12.1 Å². The first kappa shape index (κ1) is 18.5. The normalized spacial score (nSPS) is 10.1. The molecule has 0 aliphatic heterocycles. The summed E-state index contributed by atoms with van der Waals surface area (Å²) >= 11 is 0. The molecule has 132 valence electrons. The quantitative estimate of drug-likeness (QED) is 0.590. The molecule has 0 aliphatic rings. The standard InChI is InChI=1S/C19H22N2O4/c1-2-24-18(22)13-20-21(14-16-9-5-3-6-10-16)19(23)25-15-17-11-7-4-8-12-17/h3-12,20H,2,13-15H2,1H3. The van der Waals surface area contributed by atoms with Crippen molar-refractivity contribution in [3.63, 3.8) is 0 Å². The van der Waals surface area contributed by atoms with Crippen LogP contribution < -0.4 is 5.43 Å². The van der Waals surface area contributed by atoms with Crippen LogP contribution in [0.3, 0.4) is 0 Å². The fourth-order valence-electron chi connectivity index (χ4n) is 2.12. The van der Waals surface area contributed by atoms with Crippen LogP contribution in [0, 0.1) is 0 Å². The zero-order valence-corrected chi connectivity index (χ0v) is 14.2. The molecule has 2 aromatic rings. The summed E-state index contributed by atoms with van der Waals surface area (Å²) in [5.74, 6) is -0.434. The summed E-state index contributed by atoms with van der Waals surface area (Å²) in [6.45, 7) is 2.34. The molecule has 0 heterocycles. The van der Waals surface area contributed by atoms with Crippen LogP contribution in [0.25, 0.3) is 0 Å². The molecule has 0 spiro atoms. The Balaban J connectivity index is 1.96. The third-order valence-electron chi connectivity index (χ3n) is 3.33. The van der Waals surface area contributed by atoms with E-state index in [2.05, 4.69) is 5.43 Å². The number of carbonyl (C=O) groups is 2. The highest BCUT2D eigenvalue weighted by Gasteiger charge is 2.17. The van der Waals surface area contributed by atoms with Crippen LogP contribution in [0.15, 0.2) is 60.7 Å². The van der Waals surface area contributed by atoms with Gasteiger partial charge in [-0.2, -0.15) is 0 Å². The Morgan fingerprint density at radius 3 is 2.12 bits per heavy atom. The van der Waals surface area contributed by atoms with Crippen molar-refractivity contribution in [1.29, 1.82) is 0 Å². The van der Waals surface area contributed by atoms with Crippen molar-refractivity contribution in [3.05, 3.63) is 71.8 Å². The van der Waals surface area contributed by atoms with Gasteiger partial charge in [0.25, 0.3) is 0 Å². The van der Waals surface area contributed by atoms with Crippen LogP contribution in [0.1, 0.15) is 18.1 Å². The van der Waals surface area contributed by atoms with Gasteiger partial charge in [0.1, 0.15) is 13.2 Å². The predicted octanol–water partition coefficient (Wildman–Crippen LogP) is 2.89. The number of nitrogens with one attached hydrogen (secondary N) is 1. The highest BCUT2D eigenvalue weighted by molar-refractivity contribution is 5.72. The van der Waals surface area contributed by atoms with Gasteiger partial charge in [0.2, 0.25) is 0 Å². The summed E-state index contributed by atoms with van der Waals surface area (Å²) in [6.07, 6.45) is -0.558. The molecule has 1 amide bonds. The molecule has 6 nitrogen and oxygen atoms in total. The van der Waals surface area contributed by atoms with Crippen LogP contribution >= 0.6 is 0 Å². The maximum absolute atomic E-state index is 12.4. The molecule has 0 aliphatic carbocycles. The third kappa shape index (κ3) is 6.64. The number of ether oxygens (including phenoxy) is 2. The van der Waals surface area contributed by atoms with E-state index in [0.29, 0.717) is 0 Å². The second-order valence-corrected chi connectivity index (χ2v) is 5.25. The average molecular weight is 342 g/mol. The first-order chi connectivity index (χ1) is 12.2. The lowest BCUT2D eigenvalue weighted by Gasteiger charge is -2.22. The number of rotatable bonds is 8. The number of hydrazine groups is 1. The molecule has 2 rings (SSSR count). The highest BCUT2D eigenvalue weighted by atomic mass is 16.6. The van der Waals surface area contributed by atoms with Crippen LogP contribution in [0.4, 0.5) is 4.79 Å². The SMILES string of the molecule is CCOC(=O)CNN(Cc1ccccc1)C(=O)OCc1ccccc1. The van der Waals surface area contributed by atoms with Gasteiger partial charge in [-0.25, -0.2) is 15.2 Å². The smallest absolute Gasteiger partial charge is 0.424 e. The van der Waals surface area contributed by atoms with Crippen molar-refractivity contribution in [1.82, 2.24) is 10.4 Å². The molecular formula is C19H22N2O4. The van der Waals surface area contributed by atoms with Gasteiger partial charge < -0.3 is 9.47 Å². The molecule has 2 aromatic carbocycles. The number of amides is 1. The Morgan fingerprint density at radius 2 is 1.52 bits per heavy atom. The van der Waals surface area contributed by atoms with E-state index in [4.69, 9.17) is 9.47 Å². The van der Waals surface area contributed by atoms with Crippen molar-refractivity contribution >= 4 is 12.1 Å². The molecule has 1 N–H and O–H groups in total. The lowest BCUT2D eigenvalue weighted by atomic mass is 10.2. The van der Waals surface area contributed by atoms with Gasteiger partial charge in [0, 0.05) is 0 Å². The molecule has 0 atom stereocenters. The molecule has 0 fully saturated rings. The average Bonchev–Trinajstić information content (AvgIpc) is 2.65. The van der Waals surface area contributed by atoms with Crippen LogP contribution in [0.2, 0.25) is 0 Å². The zero-order chi connectivity index (χ0) is 17.9. The molecule has 0 aromatic heterocycles. The van der Waals surface area contributed by atoms with Gasteiger partial charge in [0.15, 0.2) is 0 Å². The molecule has 0 bridgehead atoms. The fraction of sp³-hybridized carbons (Fsp3) is 0.263. The van der Waals surface area contributed by atoms with Gasteiger partial charge in [-0.1, -0.05) is 60.7 Å². The molecule has 0 radical (unpaired) electrons. The van der Waals surface area contributed by atoms with Crippen molar-refractivity contribution in [2.24, 2.45) is 0 Å². The van der Waals surface area contributed by atoms with Gasteiger partial charge in [-0.15, -0.1) is 0 Å². The maximum Gasteiger partial charge on any atom is 0.424 e. The Bertz CT molecular complexity index is 662. The number of esters is 1. The highest BCUT2D eigenvalue weighted by Crippen LogP contribution is 2.06. The number of benzene rings is 2. The Kier molecular flexibility index (Phi) is 7.46. The number of carbonyl (C=O) groups excluding carboxylic acids is 2. The van der Waals surface area contributed by atoms with Gasteiger partial charge in [-0.05, 0) is 18.1 Å². The molecule has 0 saturated heterocycles. The second-order valence-electron chi connectivity index (χ2n) is 5.25. The molecule has 0 unspecified atom stereocenters. The van der Waals surface area contributed by atoms with E-state index in [1.54, 1.807) is 6.92 Å². The lowest BCUT2D eigenvalue weighted by Crippen LogP contribution is -2.45. The zero-order valence-electron chi connectivity index (χ0n) is 14.2. The van der Waals surface area contributed by atoms with Crippen molar-refractivity contribution in [3.8, 4) is 0 Å². The van der Waals surface area contributed by atoms with Crippen molar-refractivity contribution in [2.75, 3.05) is 13.2 Å². The van der Waals surface area contributed by atoms with E-state index >= 15 is 0 Å². The van der Waals surface area contributed by atoms with E-state index in [1.165, 1.54) is 5.01 Å². The number of nitrogens with zero attached hydrogens (tertiary/aromatic N) is 1. The van der Waals surface area contributed by atoms with E-state index in [1.807, 2.05) is 60.7 Å². The Hall–Kier alpha value is -2.86. The summed E-state index contributed by atoms with van der Waals surface area (Å²) in [6, 6.07) is 18.9. The fourth-order valence-corrected chi connectivity index (χ4v) is 2.12. The molecule has 6 heteroatoms. The molecular weight excluding hydrogens is 320 g/mol. The lowest BCUT2D eigenvalue weighted by molar-refractivity contribution is -0.142. The predicted molar refractivity (Wildman–Crippen MR) is 93.2 cm³/mol. The van der Waals surface area contributed by atoms with Crippen molar-refractivity contribution in [2.45, 2.75) is 20.1 Å². The van der Waals surface area contributed by atoms with Crippen LogP contribution in [-0.2, 0) is 27.4 Å². The van der Waals surface area contributed by atoms with Crippen molar-refractivity contribution < 1.29 is 19.1 Å². The number of hydrogen-bond donors (Lipinski definition) is 1. The van der Waals surface area contributed by atoms with Gasteiger partial charge in [-0.3, -0.25) is 4.79 Å². The summed E-state index contributed by atoms with van der Waals surface area (Å²) in [7, 11) is 0. The summed E-state index contributed by atoms with van der Waals surface area (Å²) < 4.78 is 10.2. The van der Waals surface area contributed by atoms with Gasteiger partial charge in [0.05, 0.1) is 13.2 Å². The van der Waals surface area contributed by atoms with Crippen LogP contribution in [-0.4, -0.2) is 30.2 Å². The Labute approximate surface area is 147 Å². The minimum absolute atomic E-state index is 0.110. The second kappa shape index (κ2) is 10.1. The minimum Gasteiger partial charge on any atom is -0.465 e. The topological polar surface area (TPSA) is 67.9 Å². The van der Waals surface area contributed by atoms with Gasteiger partial charge >= 0.3 is 12.1 Å². The van der Waals surface area contributed by atoms with E-state index in [9.17, 15) is 9.59 Å². The molecule has 25 heavy (non-hydrogen) atoms. The largest absolute Gasteiger partial charge is 0.465 e. The Morgan fingerprint density at radius 1 is 0.920 bits per heavy atom. The monoisotopic (exact) mass is 342 g/mol. The summed E-state index contributed by atoms with van der Waals surface area (Å²) in [5, 5.41) is 1.27. The van der Waals surface area contributed by atoms with E-state index in [-0.39, 0.29) is 26.3 Å². The summed E-state index contributed by atoms with van der Waals surface area (Å²) in [4.78, 5) is 23.9. The summed E-state index contributed by atoms with van der Waals surface area (Å²) in [5.41, 5.74) is 4.58. The van der Waals surface area contributed by atoms with E-state index in [0.717, 1.165) is 11.1 Å². The minimum atomic E-state index is -0.558. The third-order valence-corrected chi connectivity index (χ3v) is 3.33. The molecule has 0 saturated carbocycles. The van der Waals surface area contributed by atoms with Crippen LogP contribution in [0.5, 0.6) is 0 Å². The number of hydrogen-bond acceptors (Lipinski definition) is 5.